The second kappa shape index (κ2) is 6.99. The number of carbonyl (C=O) groups is 1. The van der Waals surface area contributed by atoms with Gasteiger partial charge in [-0.15, -0.1) is 0 Å². The summed E-state index contributed by atoms with van der Waals surface area (Å²) in [4.78, 5) is 11.9. The maximum absolute atomic E-state index is 11.9. The summed E-state index contributed by atoms with van der Waals surface area (Å²) in [6.45, 7) is 4.40. The molecule has 0 saturated heterocycles. The maximum Gasteiger partial charge on any atom is 0.311 e. The van der Waals surface area contributed by atoms with Crippen molar-refractivity contribution in [3.05, 3.63) is 29.3 Å². The molecule has 1 aromatic carbocycles. The monoisotopic (exact) mass is 356 g/mol. The molecule has 1 N–H and O–H groups in total. The van der Waals surface area contributed by atoms with E-state index in [1.165, 1.54) is 30.4 Å². The summed E-state index contributed by atoms with van der Waals surface area (Å²) in [5, 5.41) is 10.5. The Bertz CT molecular complexity index is 682. The standard InChI is InChI=1S/C23H32O3/c1-3-4-5-22(25)26-16-7-9-17-15(14-16)6-8-19-18(17)12-13-23(2)20(19)10-11-21(23)24/h7,9,14,18-21,24H,3-6,8,10-13H2,1-2H3/t18?,19?,20?,21?,23-/m0/s1. The molecule has 2 fully saturated rings. The SMILES string of the molecule is CCCCC(=O)Oc1ccc2c(c1)CCC1C2CC[C@]2(C)C(O)CCC12. The number of fused-ring (bicyclic) bond motifs is 5. The molecule has 4 rings (SSSR count). The normalized spacial score (nSPS) is 35.3. The van der Waals surface area contributed by atoms with Crippen molar-refractivity contribution in [2.24, 2.45) is 17.3 Å². The molecule has 1 aromatic rings. The summed E-state index contributed by atoms with van der Waals surface area (Å²) in [6.07, 6.45) is 9.03. The van der Waals surface area contributed by atoms with Crippen LogP contribution in [-0.2, 0) is 11.2 Å². The van der Waals surface area contributed by atoms with Gasteiger partial charge in [0.2, 0.25) is 0 Å². The van der Waals surface area contributed by atoms with E-state index in [2.05, 4.69) is 26.0 Å². The summed E-state index contributed by atoms with van der Waals surface area (Å²) in [5.41, 5.74) is 2.97. The summed E-state index contributed by atoms with van der Waals surface area (Å²) >= 11 is 0. The predicted octanol–water partition coefficient (Wildman–Crippen LogP) is 5.00. The van der Waals surface area contributed by atoms with Crippen molar-refractivity contribution in [3.63, 3.8) is 0 Å². The second-order valence-electron chi connectivity index (χ2n) is 8.99. The molecule has 0 bridgehead atoms. The molecular formula is C23H32O3. The van der Waals surface area contributed by atoms with E-state index >= 15 is 0 Å². The zero-order chi connectivity index (χ0) is 18.3. The van der Waals surface area contributed by atoms with Gasteiger partial charge in [0, 0.05) is 6.42 Å². The quantitative estimate of drug-likeness (QED) is 0.610. The zero-order valence-corrected chi connectivity index (χ0v) is 16.2. The summed E-state index contributed by atoms with van der Waals surface area (Å²) in [6, 6.07) is 6.30. The minimum absolute atomic E-state index is 0.111. The first-order valence-corrected chi connectivity index (χ1v) is 10.5. The molecule has 3 nitrogen and oxygen atoms in total. The lowest BCUT2D eigenvalue weighted by molar-refractivity contribution is -0.134. The van der Waals surface area contributed by atoms with E-state index in [1.807, 2.05) is 6.07 Å². The Hall–Kier alpha value is -1.35. The molecule has 3 aliphatic rings. The van der Waals surface area contributed by atoms with E-state index in [4.69, 9.17) is 4.74 Å². The van der Waals surface area contributed by atoms with Crippen LogP contribution in [0.2, 0.25) is 0 Å². The van der Waals surface area contributed by atoms with Crippen molar-refractivity contribution in [2.45, 2.75) is 83.7 Å². The number of unbranched alkanes of at least 4 members (excludes halogenated alkanes) is 1. The zero-order valence-electron chi connectivity index (χ0n) is 16.2. The van der Waals surface area contributed by atoms with E-state index in [0.717, 1.165) is 32.1 Å². The highest BCUT2D eigenvalue weighted by atomic mass is 16.5. The van der Waals surface area contributed by atoms with Gasteiger partial charge in [-0.3, -0.25) is 4.79 Å². The molecule has 0 spiro atoms. The van der Waals surface area contributed by atoms with Crippen LogP contribution in [0.4, 0.5) is 0 Å². The van der Waals surface area contributed by atoms with E-state index in [-0.39, 0.29) is 17.5 Å². The maximum atomic E-state index is 11.9. The molecule has 5 atom stereocenters. The molecule has 0 radical (unpaired) electrons. The van der Waals surface area contributed by atoms with E-state index in [1.54, 1.807) is 0 Å². The fourth-order valence-corrected chi connectivity index (χ4v) is 6.10. The van der Waals surface area contributed by atoms with Crippen LogP contribution < -0.4 is 4.74 Å². The molecule has 26 heavy (non-hydrogen) atoms. The molecule has 0 heterocycles. The van der Waals surface area contributed by atoms with Gasteiger partial charge in [0.25, 0.3) is 0 Å². The first kappa shape index (κ1) is 18.0. The van der Waals surface area contributed by atoms with Gasteiger partial charge in [-0.25, -0.2) is 0 Å². The molecule has 4 unspecified atom stereocenters. The third-order valence-electron chi connectivity index (χ3n) is 7.61. The minimum atomic E-state index is -0.117. The van der Waals surface area contributed by atoms with Crippen LogP contribution in [0.3, 0.4) is 0 Å². The van der Waals surface area contributed by atoms with Gasteiger partial charge < -0.3 is 9.84 Å². The fraction of sp³-hybridized carbons (Fsp3) is 0.696. The van der Waals surface area contributed by atoms with Crippen molar-refractivity contribution in [1.29, 1.82) is 0 Å². The van der Waals surface area contributed by atoms with Crippen molar-refractivity contribution in [2.75, 3.05) is 0 Å². The van der Waals surface area contributed by atoms with Gasteiger partial charge in [-0.05, 0) is 91.4 Å². The van der Waals surface area contributed by atoms with Crippen molar-refractivity contribution < 1.29 is 14.6 Å². The Morgan fingerprint density at radius 2 is 2.12 bits per heavy atom. The highest BCUT2D eigenvalue weighted by Crippen LogP contribution is 2.60. The summed E-state index contributed by atoms with van der Waals surface area (Å²) in [5.74, 6) is 2.58. The highest BCUT2D eigenvalue weighted by Gasteiger charge is 2.54. The number of hydrogen-bond donors (Lipinski definition) is 1. The van der Waals surface area contributed by atoms with Crippen molar-refractivity contribution in [3.8, 4) is 5.75 Å². The number of carbonyl (C=O) groups excluding carboxylic acids is 1. The van der Waals surface area contributed by atoms with Crippen molar-refractivity contribution in [1.82, 2.24) is 0 Å². The minimum Gasteiger partial charge on any atom is -0.427 e. The fourth-order valence-electron chi connectivity index (χ4n) is 6.10. The number of aliphatic hydroxyl groups excluding tert-OH is 1. The number of hydrogen-bond acceptors (Lipinski definition) is 3. The van der Waals surface area contributed by atoms with Gasteiger partial charge in [-0.2, -0.15) is 0 Å². The number of rotatable bonds is 4. The van der Waals surface area contributed by atoms with Crippen LogP contribution in [0.5, 0.6) is 5.75 Å². The van der Waals surface area contributed by atoms with E-state index in [0.29, 0.717) is 29.9 Å². The Morgan fingerprint density at radius 1 is 1.27 bits per heavy atom. The largest absolute Gasteiger partial charge is 0.427 e. The first-order valence-electron chi connectivity index (χ1n) is 10.5. The van der Waals surface area contributed by atoms with Crippen LogP contribution >= 0.6 is 0 Å². The first-order chi connectivity index (χ1) is 12.5. The van der Waals surface area contributed by atoms with Crippen LogP contribution in [0.25, 0.3) is 0 Å². The molecule has 3 aliphatic carbocycles. The Morgan fingerprint density at radius 3 is 2.92 bits per heavy atom. The molecule has 0 aromatic heterocycles. The lowest BCUT2D eigenvalue weighted by Gasteiger charge is -2.50. The average Bonchev–Trinajstić information content (AvgIpc) is 2.94. The van der Waals surface area contributed by atoms with E-state index in [9.17, 15) is 9.90 Å². The molecule has 142 valence electrons. The van der Waals surface area contributed by atoms with Gasteiger partial charge >= 0.3 is 5.97 Å². The topological polar surface area (TPSA) is 46.5 Å². The smallest absolute Gasteiger partial charge is 0.311 e. The van der Waals surface area contributed by atoms with Crippen LogP contribution in [-0.4, -0.2) is 17.2 Å². The molecule has 0 aliphatic heterocycles. The highest BCUT2D eigenvalue weighted by molar-refractivity contribution is 5.72. The Labute approximate surface area is 157 Å². The van der Waals surface area contributed by atoms with Gasteiger partial charge in [0.15, 0.2) is 0 Å². The van der Waals surface area contributed by atoms with Gasteiger partial charge in [-0.1, -0.05) is 26.3 Å². The lowest BCUT2D eigenvalue weighted by Crippen LogP contribution is -2.43. The molecular weight excluding hydrogens is 324 g/mol. The van der Waals surface area contributed by atoms with E-state index < -0.39 is 0 Å². The number of esters is 1. The Kier molecular flexibility index (Phi) is 4.85. The summed E-state index contributed by atoms with van der Waals surface area (Å²) < 4.78 is 5.55. The Balaban J connectivity index is 1.52. The molecule has 0 amide bonds. The lowest BCUT2D eigenvalue weighted by atomic mass is 9.55. The molecule has 2 saturated carbocycles. The van der Waals surface area contributed by atoms with Crippen LogP contribution in [0, 0.1) is 17.3 Å². The molecule has 3 heteroatoms. The van der Waals surface area contributed by atoms with Gasteiger partial charge in [0.1, 0.15) is 5.75 Å². The third kappa shape index (κ3) is 2.98. The van der Waals surface area contributed by atoms with Crippen LogP contribution in [0.1, 0.15) is 82.3 Å². The predicted molar refractivity (Wildman–Crippen MR) is 102 cm³/mol. The average molecular weight is 357 g/mol. The number of aliphatic hydroxyl groups is 1. The second-order valence-corrected chi connectivity index (χ2v) is 8.99. The number of benzene rings is 1. The number of ether oxygens (including phenoxy) is 1. The third-order valence-corrected chi connectivity index (χ3v) is 7.61. The van der Waals surface area contributed by atoms with Gasteiger partial charge in [0.05, 0.1) is 6.10 Å². The summed E-state index contributed by atoms with van der Waals surface area (Å²) in [7, 11) is 0. The number of aryl methyl sites for hydroxylation is 1. The van der Waals surface area contributed by atoms with Crippen LogP contribution in [0.15, 0.2) is 18.2 Å². The van der Waals surface area contributed by atoms with Crippen molar-refractivity contribution >= 4 is 5.97 Å².